The predicted molar refractivity (Wildman–Crippen MR) is 117 cm³/mol. The van der Waals surface area contributed by atoms with Crippen molar-refractivity contribution in [1.29, 1.82) is 0 Å². The third-order valence-electron chi connectivity index (χ3n) is 5.89. The molecule has 2 aliphatic rings. The maximum absolute atomic E-state index is 12.8. The summed E-state index contributed by atoms with van der Waals surface area (Å²) in [4.78, 5) is 18.9. The average Bonchev–Trinajstić information content (AvgIpc) is 3.16. The minimum atomic E-state index is -3.71. The number of likely N-dealkylation sites (N-methyl/N-ethyl adjacent to an activating group) is 1. The fourth-order valence-corrected chi connectivity index (χ4v) is 6.05. The summed E-state index contributed by atoms with van der Waals surface area (Å²) in [6.07, 6.45) is 3.42. The van der Waals surface area contributed by atoms with Crippen molar-refractivity contribution in [3.05, 3.63) is 47.2 Å². The molecule has 4 rings (SSSR count). The SMILES string of the molecule is CCN1CCc2ccc(NC(=O)C3CCN(S(=O)(=O)c4cccnc4Cl)CC3)cc21. The van der Waals surface area contributed by atoms with E-state index < -0.39 is 10.0 Å². The average molecular weight is 449 g/mol. The van der Waals surface area contributed by atoms with Gasteiger partial charge in [-0.25, -0.2) is 13.4 Å². The van der Waals surface area contributed by atoms with Crippen LogP contribution in [0.25, 0.3) is 0 Å². The molecule has 2 aliphatic heterocycles. The normalized spacial score (nSPS) is 17.7. The van der Waals surface area contributed by atoms with Gasteiger partial charge in [0.25, 0.3) is 0 Å². The molecule has 1 fully saturated rings. The van der Waals surface area contributed by atoms with E-state index in [0.29, 0.717) is 12.8 Å². The summed E-state index contributed by atoms with van der Waals surface area (Å²) in [7, 11) is -3.71. The highest BCUT2D eigenvalue weighted by Crippen LogP contribution is 2.32. The Morgan fingerprint density at radius 1 is 1.23 bits per heavy atom. The third kappa shape index (κ3) is 4.04. The van der Waals surface area contributed by atoms with Gasteiger partial charge in [-0.05, 0) is 56.0 Å². The molecule has 7 nitrogen and oxygen atoms in total. The molecular formula is C21H25ClN4O3S. The van der Waals surface area contributed by atoms with Crippen molar-refractivity contribution in [2.45, 2.75) is 31.1 Å². The van der Waals surface area contributed by atoms with Crippen LogP contribution in [0.2, 0.25) is 5.15 Å². The molecule has 3 heterocycles. The molecule has 0 spiro atoms. The summed E-state index contributed by atoms with van der Waals surface area (Å²) in [6.45, 7) is 4.63. The molecule has 30 heavy (non-hydrogen) atoms. The lowest BCUT2D eigenvalue weighted by molar-refractivity contribution is -0.120. The number of hydrogen-bond acceptors (Lipinski definition) is 5. The largest absolute Gasteiger partial charge is 0.371 e. The molecule has 0 aliphatic carbocycles. The fraction of sp³-hybridized carbons (Fsp3) is 0.429. The summed E-state index contributed by atoms with van der Waals surface area (Å²) < 4.78 is 27.1. The van der Waals surface area contributed by atoms with E-state index in [2.05, 4.69) is 28.2 Å². The number of aromatic nitrogens is 1. The number of nitrogens with zero attached hydrogens (tertiary/aromatic N) is 3. The number of fused-ring (bicyclic) bond motifs is 1. The molecule has 160 valence electrons. The Bertz CT molecular complexity index is 1050. The highest BCUT2D eigenvalue weighted by atomic mass is 35.5. The van der Waals surface area contributed by atoms with Gasteiger partial charge in [0.2, 0.25) is 15.9 Å². The van der Waals surface area contributed by atoms with Crippen molar-refractivity contribution in [1.82, 2.24) is 9.29 Å². The summed E-state index contributed by atoms with van der Waals surface area (Å²) >= 11 is 5.97. The topological polar surface area (TPSA) is 82.6 Å². The van der Waals surface area contributed by atoms with E-state index in [4.69, 9.17) is 11.6 Å². The van der Waals surface area contributed by atoms with Crippen molar-refractivity contribution in [2.24, 2.45) is 5.92 Å². The lowest BCUT2D eigenvalue weighted by Gasteiger charge is -2.30. The molecule has 1 aromatic carbocycles. The zero-order valence-electron chi connectivity index (χ0n) is 16.8. The molecule has 0 radical (unpaired) electrons. The van der Waals surface area contributed by atoms with E-state index >= 15 is 0 Å². The number of carbonyl (C=O) groups excluding carboxylic acids is 1. The van der Waals surface area contributed by atoms with Crippen LogP contribution in [0.1, 0.15) is 25.3 Å². The molecular weight excluding hydrogens is 424 g/mol. The molecule has 1 N–H and O–H groups in total. The fourth-order valence-electron chi connectivity index (χ4n) is 4.16. The van der Waals surface area contributed by atoms with Crippen molar-refractivity contribution < 1.29 is 13.2 Å². The number of rotatable bonds is 5. The van der Waals surface area contributed by atoms with E-state index in [9.17, 15) is 13.2 Å². The van der Waals surface area contributed by atoms with Crippen LogP contribution in [0.3, 0.4) is 0 Å². The van der Waals surface area contributed by atoms with Gasteiger partial charge in [0.15, 0.2) is 0 Å². The summed E-state index contributed by atoms with van der Waals surface area (Å²) in [5.74, 6) is -0.288. The second-order valence-corrected chi connectivity index (χ2v) is 9.90. The van der Waals surface area contributed by atoms with E-state index in [1.807, 2.05) is 12.1 Å². The first-order valence-electron chi connectivity index (χ1n) is 10.2. The minimum absolute atomic E-state index is 0.00758. The first kappa shape index (κ1) is 21.1. The first-order chi connectivity index (χ1) is 14.4. The Hall–Kier alpha value is -2.16. The van der Waals surface area contributed by atoms with Crippen LogP contribution in [0, 0.1) is 5.92 Å². The molecule has 9 heteroatoms. The maximum atomic E-state index is 12.8. The van der Waals surface area contributed by atoms with E-state index in [1.165, 1.54) is 27.8 Å². The van der Waals surface area contributed by atoms with Crippen molar-refractivity contribution in [3.8, 4) is 0 Å². The zero-order chi connectivity index (χ0) is 21.3. The van der Waals surface area contributed by atoms with Crippen LogP contribution in [0.4, 0.5) is 11.4 Å². The van der Waals surface area contributed by atoms with E-state index in [-0.39, 0.29) is 35.0 Å². The number of nitrogens with one attached hydrogen (secondary N) is 1. The number of halogens is 1. The monoisotopic (exact) mass is 448 g/mol. The molecule has 2 aromatic rings. The number of amides is 1. The molecule has 1 amide bonds. The van der Waals surface area contributed by atoms with Gasteiger partial charge in [-0.3, -0.25) is 4.79 Å². The molecule has 0 saturated carbocycles. The Morgan fingerprint density at radius 3 is 2.70 bits per heavy atom. The number of piperidine rings is 1. The van der Waals surface area contributed by atoms with Crippen molar-refractivity contribution in [2.75, 3.05) is 36.4 Å². The molecule has 1 aromatic heterocycles. The summed E-state index contributed by atoms with van der Waals surface area (Å²) in [5, 5.41) is 2.98. The molecule has 1 saturated heterocycles. The zero-order valence-corrected chi connectivity index (χ0v) is 18.4. The van der Waals surface area contributed by atoms with E-state index in [1.54, 1.807) is 6.07 Å². The lowest BCUT2D eigenvalue weighted by Crippen LogP contribution is -2.41. The second-order valence-electron chi connectivity index (χ2n) is 7.63. The van der Waals surface area contributed by atoms with Gasteiger partial charge in [-0.1, -0.05) is 17.7 Å². The number of hydrogen-bond donors (Lipinski definition) is 1. The standard InChI is InChI=1S/C21H25ClN4O3S/c1-2-25-11-7-15-5-6-17(14-18(15)25)24-21(27)16-8-12-26(13-9-16)30(28,29)19-4-3-10-23-20(19)22/h3-6,10,14,16H,2,7-9,11-13H2,1H3,(H,24,27). The van der Waals surface area contributed by atoms with Gasteiger partial charge >= 0.3 is 0 Å². The smallest absolute Gasteiger partial charge is 0.246 e. The molecule has 0 unspecified atom stereocenters. The van der Waals surface area contributed by atoms with Crippen LogP contribution >= 0.6 is 11.6 Å². The van der Waals surface area contributed by atoms with Gasteiger partial charge in [-0.2, -0.15) is 4.31 Å². The second kappa shape index (κ2) is 8.53. The third-order valence-corrected chi connectivity index (χ3v) is 8.24. The quantitative estimate of drug-likeness (QED) is 0.710. The highest BCUT2D eigenvalue weighted by molar-refractivity contribution is 7.89. The number of pyridine rings is 1. The van der Waals surface area contributed by atoms with Gasteiger partial charge in [0.1, 0.15) is 10.0 Å². The maximum Gasteiger partial charge on any atom is 0.246 e. The van der Waals surface area contributed by atoms with Crippen LogP contribution in [-0.2, 0) is 21.2 Å². The van der Waals surface area contributed by atoms with Crippen molar-refractivity contribution in [3.63, 3.8) is 0 Å². The van der Waals surface area contributed by atoms with Crippen LogP contribution in [0.15, 0.2) is 41.4 Å². The lowest BCUT2D eigenvalue weighted by atomic mass is 9.97. The number of anilines is 2. The van der Waals surface area contributed by atoms with Crippen LogP contribution < -0.4 is 10.2 Å². The first-order valence-corrected chi connectivity index (χ1v) is 12.0. The Balaban J connectivity index is 1.39. The predicted octanol–water partition coefficient (Wildman–Crippen LogP) is 3.16. The van der Waals surface area contributed by atoms with Gasteiger partial charge in [0, 0.05) is 49.7 Å². The number of carbonyl (C=O) groups is 1. The number of sulfonamides is 1. The molecule has 0 atom stereocenters. The van der Waals surface area contributed by atoms with Gasteiger partial charge in [0.05, 0.1) is 0 Å². The summed E-state index contributed by atoms with van der Waals surface area (Å²) in [5.41, 5.74) is 3.28. The van der Waals surface area contributed by atoms with E-state index in [0.717, 1.165) is 25.2 Å². The van der Waals surface area contributed by atoms with Gasteiger partial charge < -0.3 is 10.2 Å². The van der Waals surface area contributed by atoms with Crippen molar-refractivity contribution >= 4 is 38.9 Å². The van der Waals surface area contributed by atoms with Crippen LogP contribution in [-0.4, -0.2) is 49.8 Å². The Kier molecular flexibility index (Phi) is 5.99. The Labute approximate surface area is 182 Å². The summed E-state index contributed by atoms with van der Waals surface area (Å²) in [6, 6.07) is 9.06. The van der Waals surface area contributed by atoms with Crippen LogP contribution in [0.5, 0.6) is 0 Å². The van der Waals surface area contributed by atoms with Gasteiger partial charge in [-0.15, -0.1) is 0 Å². The molecule has 0 bridgehead atoms. The Morgan fingerprint density at radius 2 is 2.00 bits per heavy atom. The highest BCUT2D eigenvalue weighted by Gasteiger charge is 2.33. The number of benzene rings is 1. The minimum Gasteiger partial charge on any atom is -0.371 e.